The number of piperidine rings is 1. The van der Waals surface area contributed by atoms with Crippen molar-refractivity contribution in [1.29, 1.82) is 0 Å². The van der Waals surface area contributed by atoms with Crippen LogP contribution in [-0.2, 0) is 11.3 Å². The quantitative estimate of drug-likeness (QED) is 0.828. The van der Waals surface area contributed by atoms with Crippen LogP contribution in [0.4, 0.5) is 4.39 Å². The van der Waals surface area contributed by atoms with E-state index < -0.39 is 0 Å². The molecule has 138 valence electrons. The van der Waals surface area contributed by atoms with E-state index in [4.69, 9.17) is 4.74 Å². The van der Waals surface area contributed by atoms with Crippen molar-refractivity contribution in [3.05, 3.63) is 66.0 Å². The lowest BCUT2D eigenvalue weighted by atomic mass is 9.96. The van der Waals surface area contributed by atoms with E-state index in [-0.39, 0.29) is 17.6 Å². The molecular weight excluding hydrogens is 331 g/mol. The Morgan fingerprint density at radius 2 is 1.77 bits per heavy atom. The molecule has 1 aliphatic rings. The van der Waals surface area contributed by atoms with Gasteiger partial charge in [-0.15, -0.1) is 0 Å². The van der Waals surface area contributed by atoms with Gasteiger partial charge in [0.2, 0.25) is 5.91 Å². The van der Waals surface area contributed by atoms with Crippen molar-refractivity contribution < 1.29 is 13.9 Å². The summed E-state index contributed by atoms with van der Waals surface area (Å²) in [5.74, 6) is 0.663. The SMILES string of the molecule is O=C(NCc1ccccc1)C1CCN(CCOc2ccc(F)cc2)CC1. The van der Waals surface area contributed by atoms with Crippen LogP contribution in [0.25, 0.3) is 0 Å². The highest BCUT2D eigenvalue weighted by Gasteiger charge is 2.24. The number of amides is 1. The largest absolute Gasteiger partial charge is 0.492 e. The molecule has 1 aliphatic heterocycles. The molecule has 0 saturated carbocycles. The first-order valence-electron chi connectivity index (χ1n) is 9.13. The average Bonchev–Trinajstić information content (AvgIpc) is 2.69. The van der Waals surface area contributed by atoms with E-state index in [1.165, 1.54) is 12.1 Å². The zero-order valence-corrected chi connectivity index (χ0v) is 14.9. The summed E-state index contributed by atoms with van der Waals surface area (Å²) < 4.78 is 18.5. The molecule has 1 heterocycles. The van der Waals surface area contributed by atoms with Gasteiger partial charge in [0.25, 0.3) is 0 Å². The Morgan fingerprint density at radius 1 is 1.08 bits per heavy atom. The molecule has 0 bridgehead atoms. The smallest absolute Gasteiger partial charge is 0.223 e. The fraction of sp³-hybridized carbons (Fsp3) is 0.381. The molecule has 0 atom stereocenters. The molecule has 1 fully saturated rings. The molecule has 4 nitrogen and oxygen atoms in total. The fourth-order valence-electron chi connectivity index (χ4n) is 3.17. The Kier molecular flexibility index (Phi) is 6.61. The number of ether oxygens (including phenoxy) is 1. The Hall–Kier alpha value is -2.40. The molecule has 1 amide bonds. The maximum atomic E-state index is 12.9. The first-order valence-corrected chi connectivity index (χ1v) is 9.13. The lowest BCUT2D eigenvalue weighted by Gasteiger charge is -2.31. The van der Waals surface area contributed by atoms with Crippen LogP contribution in [0.2, 0.25) is 0 Å². The maximum absolute atomic E-state index is 12.9. The third-order valence-corrected chi connectivity index (χ3v) is 4.76. The molecule has 1 saturated heterocycles. The van der Waals surface area contributed by atoms with Crippen LogP contribution in [0.15, 0.2) is 54.6 Å². The third kappa shape index (κ3) is 5.56. The Morgan fingerprint density at radius 3 is 2.46 bits per heavy atom. The van der Waals surface area contributed by atoms with E-state index >= 15 is 0 Å². The minimum absolute atomic E-state index is 0.0907. The van der Waals surface area contributed by atoms with Gasteiger partial charge in [0.1, 0.15) is 18.2 Å². The van der Waals surface area contributed by atoms with Gasteiger partial charge in [-0.05, 0) is 55.8 Å². The number of nitrogens with one attached hydrogen (secondary N) is 1. The van der Waals surface area contributed by atoms with Gasteiger partial charge in [-0.3, -0.25) is 9.69 Å². The summed E-state index contributed by atoms with van der Waals surface area (Å²) in [6.07, 6.45) is 1.74. The first kappa shape index (κ1) is 18.4. The van der Waals surface area contributed by atoms with E-state index in [1.807, 2.05) is 30.3 Å². The van der Waals surface area contributed by atoms with Crippen molar-refractivity contribution in [3.63, 3.8) is 0 Å². The van der Waals surface area contributed by atoms with Crippen molar-refractivity contribution in [1.82, 2.24) is 10.2 Å². The van der Waals surface area contributed by atoms with Crippen LogP contribution >= 0.6 is 0 Å². The summed E-state index contributed by atoms with van der Waals surface area (Å²) in [7, 11) is 0. The summed E-state index contributed by atoms with van der Waals surface area (Å²) in [4.78, 5) is 14.6. The summed E-state index contributed by atoms with van der Waals surface area (Å²) in [5.41, 5.74) is 1.12. The van der Waals surface area contributed by atoms with E-state index in [1.54, 1.807) is 12.1 Å². The van der Waals surface area contributed by atoms with E-state index in [2.05, 4.69) is 10.2 Å². The molecule has 0 aromatic heterocycles. The summed E-state index contributed by atoms with van der Waals surface area (Å²) in [6, 6.07) is 16.0. The van der Waals surface area contributed by atoms with Gasteiger partial charge in [-0.1, -0.05) is 30.3 Å². The molecule has 0 spiro atoms. The molecule has 2 aromatic rings. The number of hydrogen-bond donors (Lipinski definition) is 1. The molecule has 0 radical (unpaired) electrons. The van der Waals surface area contributed by atoms with Crippen LogP contribution in [-0.4, -0.2) is 37.0 Å². The predicted molar refractivity (Wildman–Crippen MR) is 99.3 cm³/mol. The molecule has 1 N–H and O–H groups in total. The van der Waals surface area contributed by atoms with E-state index in [0.29, 0.717) is 18.9 Å². The van der Waals surface area contributed by atoms with Gasteiger partial charge < -0.3 is 10.1 Å². The third-order valence-electron chi connectivity index (χ3n) is 4.76. The normalized spacial score (nSPS) is 15.6. The van der Waals surface area contributed by atoms with Crippen molar-refractivity contribution in [2.45, 2.75) is 19.4 Å². The molecule has 0 aliphatic carbocycles. The van der Waals surface area contributed by atoms with Crippen molar-refractivity contribution in [2.75, 3.05) is 26.2 Å². The van der Waals surface area contributed by atoms with E-state index in [0.717, 1.165) is 38.0 Å². The van der Waals surface area contributed by atoms with Crippen LogP contribution in [0.3, 0.4) is 0 Å². The topological polar surface area (TPSA) is 41.6 Å². The number of carbonyl (C=O) groups excluding carboxylic acids is 1. The van der Waals surface area contributed by atoms with Crippen LogP contribution < -0.4 is 10.1 Å². The lowest BCUT2D eigenvalue weighted by Crippen LogP contribution is -2.41. The highest BCUT2D eigenvalue weighted by Crippen LogP contribution is 2.18. The maximum Gasteiger partial charge on any atom is 0.223 e. The van der Waals surface area contributed by atoms with Crippen molar-refractivity contribution in [2.24, 2.45) is 5.92 Å². The molecule has 3 rings (SSSR count). The second-order valence-corrected chi connectivity index (χ2v) is 6.62. The monoisotopic (exact) mass is 356 g/mol. The standard InChI is InChI=1S/C21H25FN2O2/c22-19-6-8-20(9-7-19)26-15-14-24-12-10-18(11-13-24)21(25)23-16-17-4-2-1-3-5-17/h1-9,18H,10-16H2,(H,23,25). The number of halogens is 1. The second kappa shape index (κ2) is 9.34. The Bertz CT molecular complexity index is 683. The Labute approximate surface area is 154 Å². The zero-order valence-electron chi connectivity index (χ0n) is 14.9. The summed E-state index contributed by atoms with van der Waals surface area (Å²) in [6.45, 7) is 3.77. The molecule has 5 heteroatoms. The van der Waals surface area contributed by atoms with Crippen LogP contribution in [0, 0.1) is 11.7 Å². The number of likely N-dealkylation sites (tertiary alicyclic amines) is 1. The van der Waals surface area contributed by atoms with Gasteiger partial charge in [0.15, 0.2) is 0 Å². The second-order valence-electron chi connectivity index (χ2n) is 6.62. The number of carbonyl (C=O) groups is 1. The molecule has 26 heavy (non-hydrogen) atoms. The summed E-state index contributed by atoms with van der Waals surface area (Å²) in [5, 5.41) is 3.04. The van der Waals surface area contributed by atoms with Gasteiger partial charge in [0, 0.05) is 19.0 Å². The van der Waals surface area contributed by atoms with E-state index in [9.17, 15) is 9.18 Å². The minimum Gasteiger partial charge on any atom is -0.492 e. The lowest BCUT2D eigenvalue weighted by molar-refractivity contribution is -0.126. The van der Waals surface area contributed by atoms with Gasteiger partial charge in [-0.2, -0.15) is 0 Å². The fourth-order valence-corrected chi connectivity index (χ4v) is 3.17. The predicted octanol–water partition coefficient (Wildman–Crippen LogP) is 3.23. The number of rotatable bonds is 7. The molecule has 2 aromatic carbocycles. The molecular formula is C21H25FN2O2. The Balaban J connectivity index is 1.33. The first-order chi connectivity index (χ1) is 12.7. The number of nitrogens with zero attached hydrogens (tertiary/aromatic N) is 1. The van der Waals surface area contributed by atoms with Crippen molar-refractivity contribution >= 4 is 5.91 Å². The highest BCUT2D eigenvalue weighted by atomic mass is 19.1. The van der Waals surface area contributed by atoms with Crippen LogP contribution in [0.1, 0.15) is 18.4 Å². The van der Waals surface area contributed by atoms with Crippen molar-refractivity contribution in [3.8, 4) is 5.75 Å². The number of hydrogen-bond acceptors (Lipinski definition) is 3. The molecule has 0 unspecified atom stereocenters. The van der Waals surface area contributed by atoms with Gasteiger partial charge in [0.05, 0.1) is 0 Å². The highest BCUT2D eigenvalue weighted by molar-refractivity contribution is 5.78. The summed E-state index contributed by atoms with van der Waals surface area (Å²) >= 11 is 0. The zero-order chi connectivity index (χ0) is 18.2. The van der Waals surface area contributed by atoms with Gasteiger partial charge >= 0.3 is 0 Å². The number of benzene rings is 2. The van der Waals surface area contributed by atoms with Gasteiger partial charge in [-0.25, -0.2) is 4.39 Å². The average molecular weight is 356 g/mol. The van der Waals surface area contributed by atoms with Crippen LogP contribution in [0.5, 0.6) is 5.75 Å². The minimum atomic E-state index is -0.259.